The Morgan fingerprint density at radius 2 is 1.93 bits per heavy atom. The quantitative estimate of drug-likeness (QED) is 0.744. The van der Waals surface area contributed by atoms with Crippen LogP contribution < -0.4 is 4.74 Å². The number of para-hydroxylation sites is 1. The Morgan fingerprint density at radius 1 is 1.21 bits per heavy atom. The van der Waals surface area contributed by atoms with E-state index in [0.29, 0.717) is 6.10 Å². The highest BCUT2D eigenvalue weighted by molar-refractivity contribution is 9.08. The van der Waals surface area contributed by atoms with Gasteiger partial charge in [-0.3, -0.25) is 0 Å². The standard InChI is InChI=1S/C12H15BrO/c13-9-10-5-1-4-8-12(10)14-11-6-2-3-7-11/h1,4-5,8,11H,2-3,6-7,9H2. The molecule has 0 aliphatic heterocycles. The summed E-state index contributed by atoms with van der Waals surface area (Å²) in [6.07, 6.45) is 5.53. The lowest BCUT2D eigenvalue weighted by molar-refractivity contribution is 0.208. The highest BCUT2D eigenvalue weighted by atomic mass is 79.9. The Kier molecular flexibility index (Phi) is 3.46. The van der Waals surface area contributed by atoms with Crippen molar-refractivity contribution < 1.29 is 4.74 Å². The third kappa shape index (κ3) is 2.30. The first-order valence-electron chi connectivity index (χ1n) is 5.20. The molecule has 0 aromatic heterocycles. The maximum atomic E-state index is 5.97. The number of ether oxygens (including phenoxy) is 1. The molecule has 0 spiro atoms. The Hall–Kier alpha value is -0.500. The van der Waals surface area contributed by atoms with Crippen LogP contribution in [0.15, 0.2) is 24.3 Å². The second-order valence-corrected chi connectivity index (χ2v) is 4.33. The van der Waals surface area contributed by atoms with Crippen LogP contribution in [0.4, 0.5) is 0 Å². The Balaban J connectivity index is 2.07. The molecule has 1 saturated carbocycles. The normalized spacial score (nSPS) is 17.2. The van der Waals surface area contributed by atoms with E-state index in [0.717, 1.165) is 11.1 Å². The van der Waals surface area contributed by atoms with Crippen molar-refractivity contribution in [2.45, 2.75) is 37.1 Å². The van der Waals surface area contributed by atoms with Gasteiger partial charge in [0.2, 0.25) is 0 Å². The lowest BCUT2D eigenvalue weighted by Crippen LogP contribution is -2.11. The minimum Gasteiger partial charge on any atom is -0.490 e. The summed E-state index contributed by atoms with van der Waals surface area (Å²) in [5.41, 5.74) is 1.25. The lowest BCUT2D eigenvalue weighted by atomic mass is 10.2. The smallest absolute Gasteiger partial charge is 0.123 e. The van der Waals surface area contributed by atoms with Gasteiger partial charge in [0, 0.05) is 10.9 Å². The van der Waals surface area contributed by atoms with Crippen LogP contribution in [0.25, 0.3) is 0 Å². The van der Waals surface area contributed by atoms with E-state index in [9.17, 15) is 0 Å². The summed E-state index contributed by atoms with van der Waals surface area (Å²) < 4.78 is 5.97. The van der Waals surface area contributed by atoms with Gasteiger partial charge in [-0.15, -0.1) is 0 Å². The average Bonchev–Trinajstić information content (AvgIpc) is 2.71. The first-order valence-corrected chi connectivity index (χ1v) is 6.33. The number of alkyl halides is 1. The predicted octanol–water partition coefficient (Wildman–Crippen LogP) is 3.90. The predicted molar refractivity (Wildman–Crippen MR) is 62.0 cm³/mol. The number of benzene rings is 1. The molecule has 0 atom stereocenters. The topological polar surface area (TPSA) is 9.23 Å². The van der Waals surface area contributed by atoms with Gasteiger partial charge in [-0.05, 0) is 31.7 Å². The minimum atomic E-state index is 0.454. The van der Waals surface area contributed by atoms with Crippen LogP contribution in [0.2, 0.25) is 0 Å². The number of hydrogen-bond donors (Lipinski definition) is 0. The van der Waals surface area contributed by atoms with Gasteiger partial charge in [0.15, 0.2) is 0 Å². The van der Waals surface area contributed by atoms with E-state index in [1.165, 1.54) is 31.2 Å². The first kappa shape index (κ1) is 10.0. The summed E-state index contributed by atoms with van der Waals surface area (Å²) in [6.45, 7) is 0. The van der Waals surface area contributed by atoms with Crippen LogP contribution in [-0.4, -0.2) is 6.10 Å². The van der Waals surface area contributed by atoms with Crippen molar-refractivity contribution in [1.29, 1.82) is 0 Å². The number of hydrogen-bond acceptors (Lipinski definition) is 1. The van der Waals surface area contributed by atoms with Gasteiger partial charge in [-0.1, -0.05) is 34.1 Å². The Labute approximate surface area is 93.6 Å². The monoisotopic (exact) mass is 254 g/mol. The summed E-state index contributed by atoms with van der Waals surface area (Å²) in [5.74, 6) is 1.05. The highest BCUT2D eigenvalue weighted by Crippen LogP contribution is 2.27. The van der Waals surface area contributed by atoms with Crippen molar-refractivity contribution >= 4 is 15.9 Å². The molecular formula is C12H15BrO. The fourth-order valence-electron chi connectivity index (χ4n) is 1.91. The molecule has 1 aromatic rings. The molecular weight excluding hydrogens is 240 g/mol. The van der Waals surface area contributed by atoms with Gasteiger partial charge in [0.05, 0.1) is 6.10 Å². The molecule has 2 rings (SSSR count). The van der Waals surface area contributed by atoms with Gasteiger partial charge in [0.25, 0.3) is 0 Å². The molecule has 0 heterocycles. The molecule has 1 aromatic carbocycles. The summed E-state index contributed by atoms with van der Waals surface area (Å²) in [5, 5.41) is 0.871. The van der Waals surface area contributed by atoms with Crippen LogP contribution in [0.5, 0.6) is 5.75 Å². The zero-order chi connectivity index (χ0) is 9.80. The molecule has 0 radical (unpaired) electrons. The third-order valence-electron chi connectivity index (χ3n) is 2.71. The SMILES string of the molecule is BrCc1ccccc1OC1CCCC1. The largest absolute Gasteiger partial charge is 0.490 e. The molecule has 0 unspecified atom stereocenters. The van der Waals surface area contributed by atoms with Crippen molar-refractivity contribution in [1.82, 2.24) is 0 Å². The molecule has 14 heavy (non-hydrogen) atoms. The lowest BCUT2D eigenvalue weighted by Gasteiger charge is -2.15. The van der Waals surface area contributed by atoms with Crippen molar-refractivity contribution in [2.75, 3.05) is 0 Å². The van der Waals surface area contributed by atoms with E-state index in [-0.39, 0.29) is 0 Å². The van der Waals surface area contributed by atoms with Crippen molar-refractivity contribution in [3.8, 4) is 5.75 Å². The van der Waals surface area contributed by atoms with Crippen LogP contribution in [0.1, 0.15) is 31.2 Å². The number of rotatable bonds is 3. The fraction of sp³-hybridized carbons (Fsp3) is 0.500. The van der Waals surface area contributed by atoms with Crippen LogP contribution in [0.3, 0.4) is 0 Å². The Morgan fingerprint density at radius 3 is 2.64 bits per heavy atom. The second-order valence-electron chi connectivity index (χ2n) is 3.77. The Bertz CT molecular complexity index is 292. The molecule has 1 aliphatic carbocycles. The third-order valence-corrected chi connectivity index (χ3v) is 3.32. The van der Waals surface area contributed by atoms with E-state index >= 15 is 0 Å². The molecule has 0 N–H and O–H groups in total. The molecule has 0 bridgehead atoms. The first-order chi connectivity index (χ1) is 6.90. The van der Waals surface area contributed by atoms with Gasteiger partial charge < -0.3 is 4.74 Å². The molecule has 2 heteroatoms. The maximum absolute atomic E-state index is 5.97. The van der Waals surface area contributed by atoms with Crippen molar-refractivity contribution in [3.05, 3.63) is 29.8 Å². The van der Waals surface area contributed by atoms with Gasteiger partial charge >= 0.3 is 0 Å². The van der Waals surface area contributed by atoms with E-state index in [1.54, 1.807) is 0 Å². The van der Waals surface area contributed by atoms with Crippen molar-refractivity contribution in [3.63, 3.8) is 0 Å². The molecule has 1 fully saturated rings. The van der Waals surface area contributed by atoms with Gasteiger partial charge in [-0.25, -0.2) is 0 Å². The summed E-state index contributed by atoms with van der Waals surface area (Å²) >= 11 is 3.48. The van der Waals surface area contributed by atoms with Crippen LogP contribution in [-0.2, 0) is 5.33 Å². The molecule has 76 valence electrons. The second kappa shape index (κ2) is 4.83. The fourth-order valence-corrected chi connectivity index (χ4v) is 2.38. The van der Waals surface area contributed by atoms with E-state index < -0.39 is 0 Å². The zero-order valence-electron chi connectivity index (χ0n) is 8.21. The van der Waals surface area contributed by atoms with Gasteiger partial charge in [0.1, 0.15) is 5.75 Å². The van der Waals surface area contributed by atoms with Crippen LogP contribution >= 0.6 is 15.9 Å². The van der Waals surface area contributed by atoms with Crippen LogP contribution in [0, 0.1) is 0 Å². The van der Waals surface area contributed by atoms with Gasteiger partial charge in [-0.2, -0.15) is 0 Å². The zero-order valence-corrected chi connectivity index (χ0v) is 9.79. The molecule has 0 saturated heterocycles. The molecule has 1 nitrogen and oxygen atoms in total. The molecule has 0 amide bonds. The number of halogens is 1. The summed E-state index contributed by atoms with van der Waals surface area (Å²) in [7, 11) is 0. The molecule has 1 aliphatic rings. The van der Waals surface area contributed by atoms with E-state index in [2.05, 4.69) is 34.1 Å². The minimum absolute atomic E-state index is 0.454. The maximum Gasteiger partial charge on any atom is 0.123 e. The summed E-state index contributed by atoms with van der Waals surface area (Å²) in [4.78, 5) is 0. The highest BCUT2D eigenvalue weighted by Gasteiger charge is 2.17. The summed E-state index contributed by atoms with van der Waals surface area (Å²) in [6, 6.07) is 8.27. The average molecular weight is 255 g/mol. The van der Waals surface area contributed by atoms with Crippen molar-refractivity contribution in [2.24, 2.45) is 0 Å². The van der Waals surface area contributed by atoms with E-state index in [1.807, 2.05) is 6.07 Å². The van der Waals surface area contributed by atoms with E-state index in [4.69, 9.17) is 4.74 Å².